The summed E-state index contributed by atoms with van der Waals surface area (Å²) in [7, 11) is 0. The molecule has 0 radical (unpaired) electrons. The maximum Gasteiger partial charge on any atom is 0.0575 e. The van der Waals surface area contributed by atoms with Crippen LogP contribution in [-0.2, 0) is 13.1 Å². The van der Waals surface area contributed by atoms with Crippen LogP contribution >= 0.6 is 38.5 Å². The smallest absolute Gasteiger partial charge is 0.0575 e. The first-order valence-electron chi connectivity index (χ1n) is 5.90. The molecule has 3 nitrogen and oxygen atoms in total. The third-order valence-corrected chi connectivity index (χ3v) is 4.96. The van der Waals surface area contributed by atoms with E-state index in [2.05, 4.69) is 84.8 Å². The van der Waals surface area contributed by atoms with Gasteiger partial charge < -0.3 is 5.32 Å². The van der Waals surface area contributed by atoms with Gasteiger partial charge in [0.25, 0.3) is 0 Å². The molecule has 0 saturated carbocycles. The molecule has 0 unspecified atom stereocenters. The number of rotatable bonds is 5. The number of halogens is 2. The third-order valence-electron chi connectivity index (χ3n) is 2.63. The topological polar surface area (TPSA) is 29.9 Å². The standard InChI is InChI=1S/C13H15BrIN3/c1-2-7-18-11(5-6-17-18)9-16-10-3-4-12(14)13(15)8-10/h3-6,8,16H,2,7,9H2,1H3. The second-order valence-electron chi connectivity index (χ2n) is 4.03. The van der Waals surface area contributed by atoms with Gasteiger partial charge in [-0.2, -0.15) is 5.10 Å². The number of nitrogens with zero attached hydrogens (tertiary/aromatic N) is 2. The van der Waals surface area contributed by atoms with Crippen molar-refractivity contribution in [3.63, 3.8) is 0 Å². The highest BCUT2D eigenvalue weighted by Crippen LogP contribution is 2.22. The molecule has 0 aliphatic carbocycles. The Bertz CT molecular complexity index is 525. The summed E-state index contributed by atoms with van der Waals surface area (Å²) in [6.45, 7) is 3.94. The van der Waals surface area contributed by atoms with Gasteiger partial charge in [-0.1, -0.05) is 6.92 Å². The molecule has 0 fully saturated rings. The fourth-order valence-electron chi connectivity index (χ4n) is 1.72. The third kappa shape index (κ3) is 3.47. The highest BCUT2D eigenvalue weighted by atomic mass is 127. The molecule has 1 aromatic carbocycles. The summed E-state index contributed by atoms with van der Waals surface area (Å²) in [5.41, 5.74) is 2.35. The minimum Gasteiger partial charge on any atom is -0.379 e. The fraction of sp³-hybridized carbons (Fsp3) is 0.308. The molecule has 0 amide bonds. The van der Waals surface area contributed by atoms with Gasteiger partial charge in [-0.25, -0.2) is 0 Å². The van der Waals surface area contributed by atoms with Crippen LogP contribution in [0.25, 0.3) is 0 Å². The van der Waals surface area contributed by atoms with Crippen molar-refractivity contribution >= 4 is 44.2 Å². The molecule has 0 bridgehead atoms. The molecular weight excluding hydrogens is 405 g/mol. The van der Waals surface area contributed by atoms with E-state index < -0.39 is 0 Å². The van der Waals surface area contributed by atoms with Crippen molar-refractivity contribution in [2.75, 3.05) is 5.32 Å². The van der Waals surface area contributed by atoms with Gasteiger partial charge in [0, 0.05) is 26.5 Å². The Morgan fingerprint density at radius 2 is 2.22 bits per heavy atom. The van der Waals surface area contributed by atoms with E-state index in [-0.39, 0.29) is 0 Å². The Hall–Kier alpha value is -0.560. The average Bonchev–Trinajstić information content (AvgIpc) is 2.79. The number of nitrogens with one attached hydrogen (secondary N) is 1. The fourth-order valence-corrected chi connectivity index (χ4v) is 2.48. The Morgan fingerprint density at radius 3 is 2.94 bits per heavy atom. The molecule has 1 N–H and O–H groups in total. The van der Waals surface area contributed by atoms with Gasteiger partial charge in [0.1, 0.15) is 0 Å². The van der Waals surface area contributed by atoms with E-state index in [1.165, 1.54) is 9.26 Å². The Kier molecular flexibility index (Phi) is 5.05. The van der Waals surface area contributed by atoms with E-state index in [0.29, 0.717) is 0 Å². The minimum absolute atomic E-state index is 0.803. The number of anilines is 1. The Morgan fingerprint density at radius 1 is 1.39 bits per heavy atom. The second kappa shape index (κ2) is 6.56. The molecule has 0 spiro atoms. The summed E-state index contributed by atoms with van der Waals surface area (Å²) in [5, 5.41) is 7.75. The number of aromatic nitrogens is 2. The van der Waals surface area contributed by atoms with Gasteiger partial charge in [0.2, 0.25) is 0 Å². The van der Waals surface area contributed by atoms with Crippen molar-refractivity contribution in [3.8, 4) is 0 Å². The van der Waals surface area contributed by atoms with Gasteiger partial charge in [-0.15, -0.1) is 0 Å². The molecule has 0 aliphatic rings. The van der Waals surface area contributed by atoms with Crippen LogP contribution in [0.4, 0.5) is 5.69 Å². The first-order valence-corrected chi connectivity index (χ1v) is 7.77. The first kappa shape index (κ1) is 13.9. The number of benzene rings is 1. The van der Waals surface area contributed by atoms with E-state index in [1.54, 1.807) is 0 Å². The predicted octanol–water partition coefficient (Wildman–Crippen LogP) is 4.27. The van der Waals surface area contributed by atoms with Crippen LogP contribution in [0.5, 0.6) is 0 Å². The van der Waals surface area contributed by atoms with Gasteiger partial charge in [0.15, 0.2) is 0 Å². The molecule has 2 rings (SSSR count). The van der Waals surface area contributed by atoms with Crippen LogP contribution in [0.1, 0.15) is 19.0 Å². The molecule has 96 valence electrons. The quantitative estimate of drug-likeness (QED) is 0.733. The average molecular weight is 420 g/mol. The van der Waals surface area contributed by atoms with Crippen molar-refractivity contribution in [3.05, 3.63) is 44.2 Å². The molecule has 0 saturated heterocycles. The number of hydrogen-bond acceptors (Lipinski definition) is 2. The lowest BCUT2D eigenvalue weighted by atomic mass is 10.3. The lowest BCUT2D eigenvalue weighted by Gasteiger charge is -2.09. The van der Waals surface area contributed by atoms with Gasteiger partial charge in [-0.05, 0) is 69.2 Å². The molecule has 1 heterocycles. The highest BCUT2D eigenvalue weighted by molar-refractivity contribution is 14.1. The molecule has 2 aromatic rings. The van der Waals surface area contributed by atoms with Crippen LogP contribution in [0, 0.1) is 3.57 Å². The summed E-state index contributed by atoms with van der Waals surface area (Å²) in [5.74, 6) is 0. The Balaban J connectivity index is 2.02. The van der Waals surface area contributed by atoms with E-state index in [1.807, 2.05) is 6.20 Å². The SMILES string of the molecule is CCCn1nccc1CNc1ccc(Br)c(I)c1. The van der Waals surface area contributed by atoms with Gasteiger partial charge in [-0.3, -0.25) is 4.68 Å². The second-order valence-corrected chi connectivity index (χ2v) is 6.04. The summed E-state index contributed by atoms with van der Waals surface area (Å²) < 4.78 is 4.39. The summed E-state index contributed by atoms with van der Waals surface area (Å²) in [6.07, 6.45) is 2.96. The van der Waals surface area contributed by atoms with Crippen LogP contribution in [-0.4, -0.2) is 9.78 Å². The van der Waals surface area contributed by atoms with Gasteiger partial charge >= 0.3 is 0 Å². The maximum atomic E-state index is 4.32. The van der Waals surface area contributed by atoms with E-state index in [4.69, 9.17) is 0 Å². The lowest BCUT2D eigenvalue weighted by molar-refractivity contribution is 0.578. The number of aryl methyl sites for hydroxylation is 1. The zero-order valence-electron chi connectivity index (χ0n) is 10.2. The summed E-state index contributed by atoms with van der Waals surface area (Å²) in [4.78, 5) is 0. The van der Waals surface area contributed by atoms with Crippen molar-refractivity contribution < 1.29 is 0 Å². The first-order chi connectivity index (χ1) is 8.70. The largest absolute Gasteiger partial charge is 0.379 e. The highest BCUT2D eigenvalue weighted by Gasteiger charge is 2.02. The predicted molar refractivity (Wildman–Crippen MR) is 86.7 cm³/mol. The molecule has 0 aliphatic heterocycles. The minimum atomic E-state index is 0.803. The van der Waals surface area contributed by atoms with Crippen LogP contribution in [0.15, 0.2) is 34.9 Å². The van der Waals surface area contributed by atoms with Crippen molar-refractivity contribution in [1.82, 2.24) is 9.78 Å². The summed E-state index contributed by atoms with van der Waals surface area (Å²) in [6, 6.07) is 8.33. The van der Waals surface area contributed by atoms with Crippen LogP contribution < -0.4 is 5.32 Å². The molecule has 18 heavy (non-hydrogen) atoms. The molecule has 5 heteroatoms. The van der Waals surface area contributed by atoms with Crippen molar-refractivity contribution in [2.45, 2.75) is 26.4 Å². The zero-order valence-corrected chi connectivity index (χ0v) is 13.9. The number of hydrogen-bond donors (Lipinski definition) is 1. The molecule has 1 aromatic heterocycles. The van der Waals surface area contributed by atoms with Crippen LogP contribution in [0.3, 0.4) is 0 Å². The van der Waals surface area contributed by atoms with Crippen molar-refractivity contribution in [1.29, 1.82) is 0 Å². The zero-order chi connectivity index (χ0) is 13.0. The van der Waals surface area contributed by atoms with E-state index >= 15 is 0 Å². The van der Waals surface area contributed by atoms with Gasteiger partial charge in [0.05, 0.1) is 12.2 Å². The monoisotopic (exact) mass is 419 g/mol. The normalized spacial score (nSPS) is 10.6. The van der Waals surface area contributed by atoms with Crippen molar-refractivity contribution in [2.24, 2.45) is 0 Å². The maximum absolute atomic E-state index is 4.32. The molecular formula is C13H15BrIN3. The Labute approximate surface area is 129 Å². The van der Waals surface area contributed by atoms with Crippen LogP contribution in [0.2, 0.25) is 0 Å². The molecule has 0 atom stereocenters. The lowest BCUT2D eigenvalue weighted by Crippen LogP contribution is -2.08. The van der Waals surface area contributed by atoms with E-state index in [0.717, 1.165) is 29.7 Å². The summed E-state index contributed by atoms with van der Waals surface area (Å²) >= 11 is 5.82. The van der Waals surface area contributed by atoms with E-state index in [9.17, 15) is 0 Å².